The molecular formula is C10H24NO+. The predicted molar refractivity (Wildman–Crippen MR) is 53.2 cm³/mol. The van der Waals surface area contributed by atoms with Crippen molar-refractivity contribution in [2.45, 2.75) is 26.2 Å². The van der Waals surface area contributed by atoms with Crippen molar-refractivity contribution in [3.63, 3.8) is 0 Å². The highest BCUT2D eigenvalue weighted by Gasteiger charge is 2.04. The average molecular weight is 174 g/mol. The van der Waals surface area contributed by atoms with Crippen LogP contribution in [0.1, 0.15) is 26.2 Å². The molecule has 0 unspecified atom stereocenters. The van der Waals surface area contributed by atoms with E-state index in [9.17, 15) is 0 Å². The zero-order chi connectivity index (χ0) is 9.45. The molecule has 2 nitrogen and oxygen atoms in total. The Morgan fingerprint density at radius 2 is 1.67 bits per heavy atom. The lowest BCUT2D eigenvalue weighted by atomic mass is 10.3. The van der Waals surface area contributed by atoms with Gasteiger partial charge in [0.2, 0.25) is 0 Å². The van der Waals surface area contributed by atoms with Crippen LogP contribution in [0.25, 0.3) is 0 Å². The summed E-state index contributed by atoms with van der Waals surface area (Å²) in [5.74, 6) is 0. The Hall–Kier alpha value is -0.0800. The van der Waals surface area contributed by atoms with E-state index in [0.717, 1.165) is 24.2 Å². The highest BCUT2D eigenvalue weighted by molar-refractivity contribution is 4.36. The summed E-state index contributed by atoms with van der Waals surface area (Å²) in [6.45, 7) is 5.15. The van der Waals surface area contributed by atoms with E-state index in [1.54, 1.807) is 0 Å². The van der Waals surface area contributed by atoms with E-state index in [1.165, 1.54) is 19.3 Å². The van der Waals surface area contributed by atoms with E-state index in [4.69, 9.17) is 4.74 Å². The van der Waals surface area contributed by atoms with Crippen LogP contribution in [-0.2, 0) is 4.74 Å². The van der Waals surface area contributed by atoms with Gasteiger partial charge in [0.05, 0.1) is 27.7 Å². The van der Waals surface area contributed by atoms with Crippen LogP contribution in [0.5, 0.6) is 0 Å². The molecule has 0 aliphatic heterocycles. The summed E-state index contributed by atoms with van der Waals surface area (Å²) >= 11 is 0. The summed E-state index contributed by atoms with van der Waals surface area (Å²) in [5, 5.41) is 0. The van der Waals surface area contributed by atoms with Gasteiger partial charge < -0.3 is 9.22 Å². The van der Waals surface area contributed by atoms with E-state index in [-0.39, 0.29) is 0 Å². The molecule has 0 saturated heterocycles. The fourth-order valence-corrected chi connectivity index (χ4v) is 0.895. The molecule has 0 fully saturated rings. The molecule has 2 heteroatoms. The van der Waals surface area contributed by atoms with Gasteiger partial charge in [0, 0.05) is 6.61 Å². The highest BCUT2D eigenvalue weighted by atomic mass is 16.5. The molecule has 0 atom stereocenters. The molecule has 74 valence electrons. The van der Waals surface area contributed by atoms with Gasteiger partial charge in [-0.25, -0.2) is 0 Å². The normalized spacial score (nSPS) is 12.0. The van der Waals surface area contributed by atoms with Gasteiger partial charge in [-0.15, -0.1) is 0 Å². The van der Waals surface area contributed by atoms with E-state index >= 15 is 0 Å². The number of unbranched alkanes of at least 4 members (excludes halogenated alkanes) is 2. The first-order chi connectivity index (χ1) is 5.56. The van der Waals surface area contributed by atoms with Crippen LogP contribution in [0, 0.1) is 0 Å². The maximum absolute atomic E-state index is 5.50. The largest absolute Gasteiger partial charge is 0.376 e. The summed E-state index contributed by atoms with van der Waals surface area (Å²) in [5.41, 5.74) is 0. The van der Waals surface area contributed by atoms with E-state index in [2.05, 4.69) is 28.1 Å². The molecule has 0 aromatic rings. The van der Waals surface area contributed by atoms with Crippen molar-refractivity contribution < 1.29 is 9.22 Å². The van der Waals surface area contributed by atoms with Gasteiger partial charge in [0.1, 0.15) is 6.54 Å². The minimum atomic E-state index is 0.896. The third-order valence-corrected chi connectivity index (χ3v) is 1.80. The number of quaternary nitrogens is 1. The Kier molecular flexibility index (Phi) is 6.39. The summed E-state index contributed by atoms with van der Waals surface area (Å²) in [4.78, 5) is 0. The van der Waals surface area contributed by atoms with E-state index in [1.807, 2.05) is 0 Å². The molecule has 0 aromatic carbocycles. The second-order valence-corrected chi connectivity index (χ2v) is 4.33. The third kappa shape index (κ3) is 9.92. The molecule has 0 bridgehead atoms. The molecule has 0 aliphatic carbocycles. The predicted octanol–water partition coefficient (Wildman–Crippen LogP) is 1.90. The number of likely N-dealkylation sites (N-methyl/N-ethyl adjacent to an activating group) is 1. The minimum absolute atomic E-state index is 0.896. The lowest BCUT2D eigenvalue weighted by molar-refractivity contribution is -0.870. The van der Waals surface area contributed by atoms with Crippen LogP contribution >= 0.6 is 0 Å². The molecule has 0 aliphatic rings. The fourth-order valence-electron chi connectivity index (χ4n) is 0.895. The van der Waals surface area contributed by atoms with Gasteiger partial charge in [0.25, 0.3) is 0 Å². The van der Waals surface area contributed by atoms with Crippen molar-refractivity contribution in [3.8, 4) is 0 Å². The summed E-state index contributed by atoms with van der Waals surface area (Å²) in [6, 6.07) is 0. The van der Waals surface area contributed by atoms with Gasteiger partial charge in [-0.3, -0.25) is 0 Å². The molecule has 0 aromatic heterocycles. The minimum Gasteiger partial charge on any atom is -0.376 e. The van der Waals surface area contributed by atoms with E-state index < -0.39 is 0 Å². The van der Waals surface area contributed by atoms with Crippen molar-refractivity contribution in [2.24, 2.45) is 0 Å². The maximum Gasteiger partial charge on any atom is 0.102 e. The second kappa shape index (κ2) is 6.44. The average Bonchev–Trinajstić information content (AvgIpc) is 1.94. The van der Waals surface area contributed by atoms with Crippen LogP contribution in [0.3, 0.4) is 0 Å². The summed E-state index contributed by atoms with van der Waals surface area (Å²) in [6.07, 6.45) is 3.79. The van der Waals surface area contributed by atoms with Gasteiger partial charge >= 0.3 is 0 Å². The lowest BCUT2D eigenvalue weighted by Gasteiger charge is -2.23. The quantitative estimate of drug-likeness (QED) is 0.423. The smallest absolute Gasteiger partial charge is 0.102 e. The molecule has 0 spiro atoms. The van der Waals surface area contributed by atoms with Crippen LogP contribution in [-0.4, -0.2) is 45.4 Å². The maximum atomic E-state index is 5.50. The zero-order valence-corrected chi connectivity index (χ0v) is 9.10. The number of ether oxygens (including phenoxy) is 1. The zero-order valence-electron chi connectivity index (χ0n) is 9.10. The third-order valence-electron chi connectivity index (χ3n) is 1.80. The van der Waals surface area contributed by atoms with Crippen molar-refractivity contribution in [3.05, 3.63) is 0 Å². The molecule has 0 heterocycles. The first-order valence-corrected chi connectivity index (χ1v) is 4.94. The van der Waals surface area contributed by atoms with Gasteiger partial charge in [-0.1, -0.05) is 19.8 Å². The van der Waals surface area contributed by atoms with Gasteiger partial charge in [0.15, 0.2) is 0 Å². The Balaban J connectivity index is 3.01. The Bertz CT molecular complexity index is 96.5. The SMILES string of the molecule is CCCCCOCC[N+](C)(C)C. The fraction of sp³-hybridized carbons (Fsp3) is 1.00. The van der Waals surface area contributed by atoms with Gasteiger partial charge in [-0.05, 0) is 6.42 Å². The van der Waals surface area contributed by atoms with Crippen molar-refractivity contribution >= 4 is 0 Å². The molecule has 0 amide bonds. The molecule has 12 heavy (non-hydrogen) atoms. The lowest BCUT2D eigenvalue weighted by Crippen LogP contribution is -2.37. The van der Waals surface area contributed by atoms with Crippen molar-refractivity contribution in [2.75, 3.05) is 40.9 Å². The monoisotopic (exact) mass is 174 g/mol. The Morgan fingerprint density at radius 3 is 2.17 bits per heavy atom. The topological polar surface area (TPSA) is 9.23 Å². The number of hydrogen-bond acceptors (Lipinski definition) is 1. The second-order valence-electron chi connectivity index (χ2n) is 4.33. The molecule has 0 N–H and O–H groups in total. The molecule has 0 saturated carbocycles. The van der Waals surface area contributed by atoms with Crippen LogP contribution in [0.2, 0.25) is 0 Å². The standard InChI is InChI=1S/C10H24NO/c1-5-6-7-9-12-10-8-11(2,3)4/h5-10H2,1-4H3/q+1. The van der Waals surface area contributed by atoms with Crippen LogP contribution < -0.4 is 0 Å². The first-order valence-electron chi connectivity index (χ1n) is 4.94. The molecule has 0 radical (unpaired) electrons. The Labute approximate surface area is 77.1 Å². The van der Waals surface area contributed by atoms with Crippen LogP contribution in [0.15, 0.2) is 0 Å². The number of hydrogen-bond donors (Lipinski definition) is 0. The Morgan fingerprint density at radius 1 is 1.00 bits per heavy atom. The number of nitrogens with zero attached hydrogens (tertiary/aromatic N) is 1. The van der Waals surface area contributed by atoms with Crippen LogP contribution in [0.4, 0.5) is 0 Å². The van der Waals surface area contributed by atoms with Crippen molar-refractivity contribution in [1.82, 2.24) is 0 Å². The molecular weight excluding hydrogens is 150 g/mol. The highest BCUT2D eigenvalue weighted by Crippen LogP contribution is 1.95. The summed E-state index contributed by atoms with van der Waals surface area (Å²) in [7, 11) is 6.57. The van der Waals surface area contributed by atoms with Gasteiger partial charge in [-0.2, -0.15) is 0 Å². The van der Waals surface area contributed by atoms with Crippen molar-refractivity contribution in [1.29, 1.82) is 0 Å². The van der Waals surface area contributed by atoms with E-state index in [0.29, 0.717) is 0 Å². The molecule has 0 rings (SSSR count). The summed E-state index contributed by atoms with van der Waals surface area (Å²) < 4.78 is 6.49. The number of rotatable bonds is 7. The first kappa shape index (κ1) is 11.9.